The first-order chi connectivity index (χ1) is 10.4. The van der Waals surface area contributed by atoms with E-state index in [2.05, 4.69) is 10.2 Å². The number of hydrogen-bond donors (Lipinski definition) is 2. The number of anilines is 2. The Morgan fingerprint density at radius 2 is 2.05 bits per heavy atom. The summed E-state index contributed by atoms with van der Waals surface area (Å²) in [4.78, 5) is 16.4. The molecule has 0 aliphatic heterocycles. The Bertz CT molecular complexity index is 523. The van der Waals surface area contributed by atoms with Gasteiger partial charge in [-0.05, 0) is 56.4 Å². The van der Waals surface area contributed by atoms with Crippen LogP contribution in [0.5, 0.6) is 0 Å². The zero-order chi connectivity index (χ0) is 16.3. The molecule has 0 radical (unpaired) electrons. The number of benzene rings is 1. The molecular formula is C17H28N4O. The van der Waals surface area contributed by atoms with Crippen LogP contribution in [0.15, 0.2) is 18.2 Å². The van der Waals surface area contributed by atoms with E-state index in [0.717, 1.165) is 23.5 Å². The van der Waals surface area contributed by atoms with Crippen LogP contribution < -0.4 is 16.0 Å². The predicted octanol–water partition coefficient (Wildman–Crippen LogP) is 2.66. The molecule has 1 aliphatic rings. The van der Waals surface area contributed by atoms with Gasteiger partial charge in [-0.25, -0.2) is 4.79 Å². The number of nitrogen functional groups attached to an aromatic ring is 1. The molecular weight excluding hydrogens is 276 g/mol. The molecule has 1 aromatic carbocycles. The van der Waals surface area contributed by atoms with Crippen molar-refractivity contribution in [1.82, 2.24) is 10.2 Å². The third-order valence-corrected chi connectivity index (χ3v) is 3.82. The lowest BCUT2D eigenvalue weighted by Gasteiger charge is -2.27. The molecule has 5 nitrogen and oxygen atoms in total. The highest BCUT2D eigenvalue weighted by Gasteiger charge is 2.27. The van der Waals surface area contributed by atoms with Crippen molar-refractivity contribution in [2.45, 2.75) is 39.3 Å². The summed E-state index contributed by atoms with van der Waals surface area (Å²) in [6.07, 6.45) is 2.45. The van der Waals surface area contributed by atoms with Gasteiger partial charge in [0.2, 0.25) is 0 Å². The van der Waals surface area contributed by atoms with Gasteiger partial charge in [0.15, 0.2) is 0 Å². The van der Waals surface area contributed by atoms with Crippen molar-refractivity contribution in [3.8, 4) is 0 Å². The molecule has 22 heavy (non-hydrogen) atoms. The monoisotopic (exact) mass is 304 g/mol. The first-order valence-corrected chi connectivity index (χ1v) is 7.98. The second-order valence-corrected chi connectivity index (χ2v) is 6.71. The Labute approximate surface area is 133 Å². The maximum Gasteiger partial charge on any atom is 0.317 e. The van der Waals surface area contributed by atoms with E-state index >= 15 is 0 Å². The molecule has 0 bridgehead atoms. The third-order valence-electron chi connectivity index (χ3n) is 3.82. The van der Waals surface area contributed by atoms with E-state index in [1.165, 1.54) is 12.8 Å². The first-order valence-electron chi connectivity index (χ1n) is 7.98. The second-order valence-electron chi connectivity index (χ2n) is 6.71. The molecule has 5 heteroatoms. The van der Waals surface area contributed by atoms with Gasteiger partial charge in [0, 0.05) is 44.6 Å². The zero-order valence-electron chi connectivity index (χ0n) is 14.1. The number of rotatable bonds is 6. The van der Waals surface area contributed by atoms with Crippen molar-refractivity contribution in [3.05, 3.63) is 23.8 Å². The smallest absolute Gasteiger partial charge is 0.317 e. The highest BCUT2D eigenvalue weighted by molar-refractivity contribution is 5.75. The predicted molar refractivity (Wildman–Crippen MR) is 92.0 cm³/mol. The number of carbonyl (C=O) groups excluding carboxylic acids is 1. The molecule has 2 rings (SSSR count). The Kier molecular flexibility index (Phi) is 5.16. The van der Waals surface area contributed by atoms with Crippen LogP contribution in [-0.4, -0.2) is 37.6 Å². The van der Waals surface area contributed by atoms with E-state index in [1.54, 1.807) is 0 Å². The average Bonchev–Trinajstić information content (AvgIpc) is 3.20. The second kappa shape index (κ2) is 6.90. The molecule has 0 atom stereocenters. The Morgan fingerprint density at radius 1 is 1.36 bits per heavy atom. The minimum absolute atomic E-state index is 0.00836. The normalized spacial score (nSPS) is 14.0. The fraction of sp³-hybridized carbons (Fsp3) is 0.588. The molecule has 1 fully saturated rings. The van der Waals surface area contributed by atoms with Crippen molar-refractivity contribution < 1.29 is 4.79 Å². The minimum atomic E-state index is 0.00836. The van der Waals surface area contributed by atoms with Crippen LogP contribution in [0.2, 0.25) is 0 Å². The first kappa shape index (κ1) is 16.5. The molecule has 0 aromatic heterocycles. The number of urea groups is 1. The number of nitrogens with one attached hydrogen (secondary N) is 1. The van der Waals surface area contributed by atoms with Crippen molar-refractivity contribution in [2.75, 3.05) is 31.3 Å². The summed E-state index contributed by atoms with van der Waals surface area (Å²) >= 11 is 0. The van der Waals surface area contributed by atoms with Gasteiger partial charge in [-0.15, -0.1) is 0 Å². The summed E-state index contributed by atoms with van der Waals surface area (Å²) in [6, 6.07) is 6.04. The molecule has 0 heterocycles. The SMILES string of the molecule is CC(C)NC(=O)N(Cc1cc(N)ccc1N(C)C)CC1CC1. The lowest BCUT2D eigenvalue weighted by Crippen LogP contribution is -2.43. The molecule has 122 valence electrons. The standard InChI is InChI=1S/C17H28N4O/c1-12(2)19-17(22)21(10-13-5-6-13)11-14-9-15(18)7-8-16(14)20(3)4/h7-9,12-13H,5-6,10-11,18H2,1-4H3,(H,19,22). The molecule has 3 N–H and O–H groups in total. The fourth-order valence-corrected chi connectivity index (χ4v) is 2.54. The molecule has 0 saturated heterocycles. The fourth-order valence-electron chi connectivity index (χ4n) is 2.54. The number of nitrogens with zero attached hydrogens (tertiary/aromatic N) is 2. The van der Waals surface area contributed by atoms with E-state index < -0.39 is 0 Å². The lowest BCUT2D eigenvalue weighted by atomic mass is 10.1. The highest BCUT2D eigenvalue weighted by atomic mass is 16.2. The van der Waals surface area contributed by atoms with Crippen LogP contribution in [0.25, 0.3) is 0 Å². The van der Waals surface area contributed by atoms with Crippen LogP contribution in [0.3, 0.4) is 0 Å². The summed E-state index contributed by atoms with van der Waals surface area (Å²) in [5.41, 5.74) is 8.86. The van der Waals surface area contributed by atoms with Crippen molar-refractivity contribution in [2.24, 2.45) is 5.92 Å². The quantitative estimate of drug-likeness (QED) is 0.794. The lowest BCUT2D eigenvalue weighted by molar-refractivity contribution is 0.190. The van der Waals surface area contributed by atoms with Crippen molar-refractivity contribution in [1.29, 1.82) is 0 Å². The topological polar surface area (TPSA) is 61.6 Å². The molecule has 1 saturated carbocycles. The van der Waals surface area contributed by atoms with Gasteiger partial charge < -0.3 is 20.9 Å². The number of hydrogen-bond acceptors (Lipinski definition) is 3. The van der Waals surface area contributed by atoms with Gasteiger partial charge in [0.05, 0.1) is 0 Å². The number of carbonyl (C=O) groups is 1. The van der Waals surface area contributed by atoms with Crippen LogP contribution in [0.1, 0.15) is 32.3 Å². The zero-order valence-corrected chi connectivity index (χ0v) is 14.1. The molecule has 1 aromatic rings. The van der Waals surface area contributed by atoms with E-state index in [4.69, 9.17) is 5.73 Å². The van der Waals surface area contributed by atoms with Crippen molar-refractivity contribution >= 4 is 17.4 Å². The highest BCUT2D eigenvalue weighted by Crippen LogP contribution is 2.31. The van der Waals surface area contributed by atoms with Crippen LogP contribution in [0, 0.1) is 5.92 Å². The molecule has 0 unspecified atom stereocenters. The summed E-state index contributed by atoms with van der Waals surface area (Å²) < 4.78 is 0. The van der Waals surface area contributed by atoms with Crippen molar-refractivity contribution in [3.63, 3.8) is 0 Å². The summed E-state index contributed by atoms with van der Waals surface area (Å²) in [6.45, 7) is 5.38. The van der Waals surface area contributed by atoms with Crippen LogP contribution >= 0.6 is 0 Å². The van der Waals surface area contributed by atoms with Crippen LogP contribution in [0.4, 0.5) is 16.2 Å². The van der Waals surface area contributed by atoms with E-state index in [0.29, 0.717) is 12.5 Å². The largest absolute Gasteiger partial charge is 0.399 e. The van der Waals surface area contributed by atoms with Gasteiger partial charge in [-0.3, -0.25) is 0 Å². The van der Waals surface area contributed by atoms with Gasteiger partial charge in [0.25, 0.3) is 0 Å². The summed E-state index contributed by atoms with van der Waals surface area (Å²) in [5, 5.41) is 3.00. The molecule has 0 spiro atoms. The summed E-state index contributed by atoms with van der Waals surface area (Å²) in [7, 11) is 4.02. The maximum absolute atomic E-state index is 12.5. The Morgan fingerprint density at radius 3 is 2.59 bits per heavy atom. The summed E-state index contributed by atoms with van der Waals surface area (Å²) in [5.74, 6) is 0.654. The van der Waals surface area contributed by atoms with Gasteiger partial charge in [-0.1, -0.05) is 0 Å². The van der Waals surface area contributed by atoms with Gasteiger partial charge in [0.1, 0.15) is 0 Å². The molecule has 1 aliphatic carbocycles. The Hall–Kier alpha value is -1.91. The minimum Gasteiger partial charge on any atom is -0.399 e. The average molecular weight is 304 g/mol. The van der Waals surface area contributed by atoms with Gasteiger partial charge >= 0.3 is 6.03 Å². The van der Waals surface area contributed by atoms with E-state index in [1.807, 2.05) is 51.0 Å². The van der Waals surface area contributed by atoms with E-state index in [-0.39, 0.29) is 12.1 Å². The van der Waals surface area contributed by atoms with E-state index in [9.17, 15) is 4.79 Å². The van der Waals surface area contributed by atoms with Crippen LogP contribution in [-0.2, 0) is 6.54 Å². The maximum atomic E-state index is 12.5. The number of amides is 2. The Balaban J connectivity index is 2.18. The molecule has 2 amide bonds. The van der Waals surface area contributed by atoms with Gasteiger partial charge in [-0.2, -0.15) is 0 Å². The number of nitrogens with two attached hydrogens (primary N) is 1. The third kappa shape index (κ3) is 4.55.